The van der Waals surface area contributed by atoms with Crippen molar-refractivity contribution in [2.45, 2.75) is 33.2 Å². The minimum atomic E-state index is -4.96. The number of ether oxygens (including phenoxy) is 1. The van der Waals surface area contributed by atoms with Gasteiger partial charge in [-0.2, -0.15) is 0 Å². The number of halogens is 4. The summed E-state index contributed by atoms with van der Waals surface area (Å²) in [5.74, 6) is -2.94. The van der Waals surface area contributed by atoms with Crippen LogP contribution in [0.25, 0.3) is 0 Å². The highest BCUT2D eigenvalue weighted by atomic mass is 19.4. The van der Waals surface area contributed by atoms with Crippen LogP contribution in [0.4, 0.5) is 23.2 Å². The maximum Gasteiger partial charge on any atom is 0.573 e. The van der Waals surface area contributed by atoms with E-state index < -0.39 is 35.4 Å². The van der Waals surface area contributed by atoms with Crippen LogP contribution in [-0.4, -0.2) is 23.5 Å². The van der Waals surface area contributed by atoms with Crippen molar-refractivity contribution >= 4 is 11.7 Å². The van der Waals surface area contributed by atoms with Crippen molar-refractivity contribution < 1.29 is 32.2 Å². The van der Waals surface area contributed by atoms with E-state index in [1.807, 2.05) is 0 Å². The van der Waals surface area contributed by atoms with Crippen molar-refractivity contribution in [3.8, 4) is 5.75 Å². The van der Waals surface area contributed by atoms with Crippen molar-refractivity contribution in [1.29, 1.82) is 0 Å². The molecule has 0 aliphatic carbocycles. The van der Waals surface area contributed by atoms with Crippen LogP contribution in [0.5, 0.6) is 5.75 Å². The molecule has 0 aromatic heterocycles. The van der Waals surface area contributed by atoms with Gasteiger partial charge in [0.1, 0.15) is 17.6 Å². The van der Waals surface area contributed by atoms with Gasteiger partial charge in [0.2, 0.25) is 0 Å². The fourth-order valence-electron chi connectivity index (χ4n) is 1.65. The number of aliphatic carboxylic acids is 1. The zero-order chi connectivity index (χ0) is 16.4. The molecule has 118 valence electrons. The standard InChI is InChI=1S/C13H15F4NO3/c1-12(2,3)10(11(19)20)18-8-4-7(14)5-9(6-8)21-13(15,16)17/h4-6,10,18H,1-3H3,(H,19,20). The molecular formula is C13H15F4NO3. The Morgan fingerprint density at radius 2 is 1.81 bits per heavy atom. The molecule has 21 heavy (non-hydrogen) atoms. The lowest BCUT2D eigenvalue weighted by Crippen LogP contribution is -2.41. The summed E-state index contributed by atoms with van der Waals surface area (Å²) >= 11 is 0. The quantitative estimate of drug-likeness (QED) is 0.834. The molecule has 1 unspecified atom stereocenters. The summed E-state index contributed by atoms with van der Waals surface area (Å²) in [7, 11) is 0. The molecule has 0 aliphatic heterocycles. The molecule has 4 nitrogen and oxygen atoms in total. The minimum Gasteiger partial charge on any atom is -0.480 e. The van der Waals surface area contributed by atoms with E-state index in [0.29, 0.717) is 6.07 Å². The Labute approximate surface area is 118 Å². The van der Waals surface area contributed by atoms with E-state index in [-0.39, 0.29) is 5.69 Å². The van der Waals surface area contributed by atoms with Gasteiger partial charge in [0.25, 0.3) is 0 Å². The predicted octanol–water partition coefficient (Wildman–Crippen LogP) is 3.64. The molecule has 1 rings (SSSR count). The van der Waals surface area contributed by atoms with Gasteiger partial charge in [0.15, 0.2) is 0 Å². The SMILES string of the molecule is CC(C)(C)C(Nc1cc(F)cc(OC(F)(F)F)c1)C(=O)O. The van der Waals surface area contributed by atoms with E-state index in [9.17, 15) is 22.4 Å². The summed E-state index contributed by atoms with van der Waals surface area (Å²) in [5.41, 5.74) is -0.847. The highest BCUT2D eigenvalue weighted by molar-refractivity contribution is 5.78. The average molecular weight is 309 g/mol. The maximum absolute atomic E-state index is 13.3. The van der Waals surface area contributed by atoms with Crippen LogP contribution in [0.3, 0.4) is 0 Å². The number of hydrogen-bond donors (Lipinski definition) is 2. The summed E-state index contributed by atoms with van der Waals surface area (Å²) in [4.78, 5) is 11.2. The second kappa shape index (κ2) is 5.79. The fourth-order valence-corrected chi connectivity index (χ4v) is 1.65. The molecule has 0 saturated carbocycles. The normalized spacial score (nSPS) is 13.7. The molecule has 8 heteroatoms. The predicted molar refractivity (Wildman–Crippen MR) is 67.6 cm³/mol. The summed E-state index contributed by atoms with van der Waals surface area (Å²) in [6.07, 6.45) is -4.96. The van der Waals surface area contributed by atoms with Gasteiger partial charge >= 0.3 is 12.3 Å². The molecule has 0 spiro atoms. The third-order valence-electron chi connectivity index (χ3n) is 2.53. The van der Waals surface area contributed by atoms with E-state index in [2.05, 4.69) is 10.1 Å². The number of alkyl halides is 3. The van der Waals surface area contributed by atoms with Crippen molar-refractivity contribution in [1.82, 2.24) is 0 Å². The van der Waals surface area contributed by atoms with Crippen molar-refractivity contribution in [3.05, 3.63) is 24.0 Å². The zero-order valence-corrected chi connectivity index (χ0v) is 11.6. The minimum absolute atomic E-state index is 0.114. The fraction of sp³-hybridized carbons (Fsp3) is 0.462. The zero-order valence-electron chi connectivity index (χ0n) is 11.6. The molecule has 0 aliphatic rings. The highest BCUT2D eigenvalue weighted by Crippen LogP contribution is 2.29. The number of carboxylic acid groups (broad SMARTS) is 1. The second-order valence-corrected chi connectivity index (χ2v) is 5.51. The van der Waals surface area contributed by atoms with Crippen molar-refractivity contribution in [2.24, 2.45) is 5.41 Å². The molecular weight excluding hydrogens is 294 g/mol. The van der Waals surface area contributed by atoms with Crippen molar-refractivity contribution in [3.63, 3.8) is 0 Å². The van der Waals surface area contributed by atoms with E-state index in [1.165, 1.54) is 0 Å². The monoisotopic (exact) mass is 309 g/mol. The number of benzene rings is 1. The first-order valence-corrected chi connectivity index (χ1v) is 5.94. The second-order valence-electron chi connectivity index (χ2n) is 5.51. The highest BCUT2D eigenvalue weighted by Gasteiger charge is 2.33. The number of anilines is 1. The summed E-state index contributed by atoms with van der Waals surface area (Å²) < 4.78 is 53.3. The topological polar surface area (TPSA) is 58.6 Å². The number of carboxylic acids is 1. The molecule has 0 bridgehead atoms. The number of rotatable bonds is 4. The molecule has 0 saturated heterocycles. The van der Waals surface area contributed by atoms with E-state index >= 15 is 0 Å². The molecule has 1 aromatic rings. The lowest BCUT2D eigenvalue weighted by Gasteiger charge is -2.28. The van der Waals surface area contributed by atoms with Gasteiger partial charge in [-0.3, -0.25) is 0 Å². The van der Waals surface area contributed by atoms with Crippen LogP contribution < -0.4 is 10.1 Å². The van der Waals surface area contributed by atoms with Crippen LogP contribution in [0, 0.1) is 11.2 Å². The smallest absolute Gasteiger partial charge is 0.480 e. The Balaban J connectivity index is 3.05. The van der Waals surface area contributed by atoms with Crippen molar-refractivity contribution in [2.75, 3.05) is 5.32 Å². The Bertz CT molecular complexity index is 523. The lowest BCUT2D eigenvalue weighted by molar-refractivity contribution is -0.274. The van der Waals surface area contributed by atoms with E-state index in [0.717, 1.165) is 12.1 Å². The van der Waals surface area contributed by atoms with Crippen LogP contribution in [0.15, 0.2) is 18.2 Å². The first-order chi connectivity index (χ1) is 9.38. The summed E-state index contributed by atoms with van der Waals surface area (Å²) in [6.45, 7) is 4.89. The largest absolute Gasteiger partial charge is 0.573 e. The third-order valence-corrected chi connectivity index (χ3v) is 2.53. The van der Waals surface area contributed by atoms with Crippen LogP contribution in [0.1, 0.15) is 20.8 Å². The molecule has 2 N–H and O–H groups in total. The third kappa shape index (κ3) is 5.49. The molecule has 0 fully saturated rings. The van der Waals surface area contributed by atoms with Gasteiger partial charge in [-0.05, 0) is 11.5 Å². The summed E-state index contributed by atoms with van der Waals surface area (Å²) in [6, 6.07) is 1.23. The molecule has 0 radical (unpaired) electrons. The molecule has 0 amide bonds. The molecule has 1 atom stereocenters. The molecule has 1 aromatic carbocycles. The number of carbonyl (C=O) groups is 1. The average Bonchev–Trinajstić information content (AvgIpc) is 2.20. The number of hydrogen-bond acceptors (Lipinski definition) is 3. The van der Waals surface area contributed by atoms with Gasteiger partial charge in [-0.15, -0.1) is 13.2 Å². The van der Waals surface area contributed by atoms with Gasteiger partial charge in [-0.1, -0.05) is 20.8 Å². The Hall–Kier alpha value is -1.99. The summed E-state index contributed by atoms with van der Waals surface area (Å²) in [5, 5.41) is 11.6. The van der Waals surface area contributed by atoms with Gasteiger partial charge in [0.05, 0.1) is 0 Å². The number of nitrogens with one attached hydrogen (secondary N) is 1. The van der Waals surface area contributed by atoms with E-state index in [1.54, 1.807) is 20.8 Å². The van der Waals surface area contributed by atoms with Gasteiger partial charge in [-0.25, -0.2) is 9.18 Å². The van der Waals surface area contributed by atoms with Crippen LogP contribution >= 0.6 is 0 Å². The maximum atomic E-state index is 13.3. The van der Waals surface area contributed by atoms with Gasteiger partial charge < -0.3 is 15.2 Å². The lowest BCUT2D eigenvalue weighted by atomic mass is 9.86. The van der Waals surface area contributed by atoms with Crippen LogP contribution in [-0.2, 0) is 4.79 Å². The van der Waals surface area contributed by atoms with Gasteiger partial charge in [0, 0.05) is 17.8 Å². The molecule has 0 heterocycles. The van der Waals surface area contributed by atoms with Crippen LogP contribution in [0.2, 0.25) is 0 Å². The Kier molecular flexibility index (Phi) is 4.70. The first-order valence-electron chi connectivity index (χ1n) is 5.94. The first kappa shape index (κ1) is 17.1. The van der Waals surface area contributed by atoms with E-state index in [4.69, 9.17) is 5.11 Å². The Morgan fingerprint density at radius 3 is 2.24 bits per heavy atom. The Morgan fingerprint density at radius 1 is 1.24 bits per heavy atom.